The Balaban J connectivity index is 1.70. The minimum Gasteiger partial charge on any atom is -0.494 e. The summed E-state index contributed by atoms with van der Waals surface area (Å²) in [5.74, 6) is -0.312. The van der Waals surface area contributed by atoms with Crippen molar-refractivity contribution >= 4 is 11.8 Å². The highest BCUT2D eigenvalue weighted by Gasteiger charge is 2.24. The molecule has 1 aromatic heterocycles. The molecule has 3 aromatic rings. The highest BCUT2D eigenvalue weighted by atomic mass is 16.5. The molecule has 1 atom stereocenters. The van der Waals surface area contributed by atoms with Crippen LogP contribution in [0.5, 0.6) is 5.75 Å². The monoisotopic (exact) mass is 379 g/mol. The number of Topliss-reactive ketones (excluding diaryl/α,β-unsaturated/α-hetero) is 1. The van der Waals surface area contributed by atoms with E-state index in [1.807, 2.05) is 37.3 Å². The predicted molar refractivity (Wildman–Crippen MR) is 103 cm³/mol. The number of benzene rings is 2. The van der Waals surface area contributed by atoms with Crippen LogP contribution in [0.3, 0.4) is 0 Å². The van der Waals surface area contributed by atoms with Crippen LogP contribution in [0.4, 0.5) is 0 Å². The molecular weight excluding hydrogens is 358 g/mol. The molecule has 0 aliphatic carbocycles. The fourth-order valence-electron chi connectivity index (χ4n) is 2.63. The van der Waals surface area contributed by atoms with E-state index in [0.29, 0.717) is 23.6 Å². The van der Waals surface area contributed by atoms with Gasteiger partial charge in [0, 0.05) is 5.56 Å². The van der Waals surface area contributed by atoms with Crippen LogP contribution in [0.25, 0.3) is 5.69 Å². The molecule has 1 unspecified atom stereocenters. The van der Waals surface area contributed by atoms with Crippen LogP contribution in [0, 0.1) is 6.92 Å². The maximum atomic E-state index is 12.5. The van der Waals surface area contributed by atoms with Crippen molar-refractivity contribution < 1.29 is 19.1 Å². The Kier molecular flexibility index (Phi) is 5.84. The van der Waals surface area contributed by atoms with Gasteiger partial charge in [0.25, 0.3) is 0 Å². The van der Waals surface area contributed by atoms with Crippen molar-refractivity contribution in [2.24, 2.45) is 0 Å². The number of aryl methyl sites for hydroxylation is 1. The molecule has 0 saturated carbocycles. The average Bonchev–Trinajstić information content (AvgIpc) is 3.11. The second kappa shape index (κ2) is 8.47. The van der Waals surface area contributed by atoms with Crippen molar-refractivity contribution in [2.75, 3.05) is 6.61 Å². The minimum absolute atomic E-state index is 0.0789. The lowest BCUT2D eigenvalue weighted by molar-refractivity contribution is 0.0312. The molecule has 2 aromatic carbocycles. The van der Waals surface area contributed by atoms with Crippen LogP contribution < -0.4 is 4.74 Å². The topological polar surface area (TPSA) is 83.3 Å². The largest absolute Gasteiger partial charge is 0.494 e. The van der Waals surface area contributed by atoms with Gasteiger partial charge in [-0.2, -0.15) is 9.90 Å². The summed E-state index contributed by atoms with van der Waals surface area (Å²) in [6.07, 6.45) is -0.952. The van der Waals surface area contributed by atoms with E-state index in [2.05, 4.69) is 10.2 Å². The number of esters is 1. The molecule has 144 valence electrons. The van der Waals surface area contributed by atoms with Gasteiger partial charge in [0.1, 0.15) is 5.75 Å². The molecule has 7 nitrogen and oxygen atoms in total. The molecule has 0 N–H and O–H groups in total. The molecule has 0 bridgehead atoms. The molecule has 3 rings (SSSR count). The maximum absolute atomic E-state index is 12.5. The van der Waals surface area contributed by atoms with E-state index in [1.54, 1.807) is 31.2 Å². The van der Waals surface area contributed by atoms with Gasteiger partial charge in [-0.25, -0.2) is 4.79 Å². The first-order valence-electron chi connectivity index (χ1n) is 8.97. The first-order valence-corrected chi connectivity index (χ1v) is 8.97. The molecule has 0 radical (unpaired) electrons. The van der Waals surface area contributed by atoms with Crippen molar-refractivity contribution in [3.8, 4) is 11.4 Å². The fourth-order valence-corrected chi connectivity index (χ4v) is 2.63. The summed E-state index contributed by atoms with van der Waals surface area (Å²) in [6, 6.07) is 15.9. The van der Waals surface area contributed by atoms with Crippen molar-refractivity contribution in [1.82, 2.24) is 15.0 Å². The molecule has 7 heteroatoms. The Morgan fingerprint density at radius 2 is 1.71 bits per heavy atom. The summed E-state index contributed by atoms with van der Waals surface area (Å²) < 4.78 is 10.7. The first kappa shape index (κ1) is 19.3. The number of carbonyl (C=O) groups is 2. The van der Waals surface area contributed by atoms with Gasteiger partial charge in [-0.1, -0.05) is 18.2 Å². The second-order valence-corrected chi connectivity index (χ2v) is 6.13. The number of hydrogen-bond donors (Lipinski definition) is 0. The molecule has 0 amide bonds. The van der Waals surface area contributed by atoms with Gasteiger partial charge < -0.3 is 9.47 Å². The third-order valence-corrected chi connectivity index (χ3v) is 4.07. The summed E-state index contributed by atoms with van der Waals surface area (Å²) in [6.45, 7) is 5.64. The molecule has 0 aliphatic rings. The highest BCUT2D eigenvalue weighted by Crippen LogP contribution is 2.16. The Hall–Kier alpha value is -3.48. The second-order valence-electron chi connectivity index (χ2n) is 6.13. The van der Waals surface area contributed by atoms with E-state index in [4.69, 9.17) is 9.47 Å². The Bertz CT molecular complexity index is 965. The van der Waals surface area contributed by atoms with E-state index in [1.165, 1.54) is 11.7 Å². The molecule has 1 heterocycles. The summed E-state index contributed by atoms with van der Waals surface area (Å²) >= 11 is 0. The summed E-state index contributed by atoms with van der Waals surface area (Å²) in [5, 5.41) is 8.45. The van der Waals surface area contributed by atoms with Gasteiger partial charge >= 0.3 is 5.97 Å². The van der Waals surface area contributed by atoms with Gasteiger partial charge in [-0.05, 0) is 57.2 Å². The zero-order valence-corrected chi connectivity index (χ0v) is 16.0. The van der Waals surface area contributed by atoms with Crippen LogP contribution in [-0.4, -0.2) is 39.5 Å². The SMILES string of the molecule is CCOc1ccc(C(=O)C(C)OC(=O)c2nn(-c3ccccc3)nc2C)cc1. The molecule has 0 fully saturated rings. The maximum Gasteiger partial charge on any atom is 0.361 e. The van der Waals surface area contributed by atoms with Crippen LogP contribution in [0.15, 0.2) is 54.6 Å². The molecule has 0 aliphatic heterocycles. The van der Waals surface area contributed by atoms with Crippen molar-refractivity contribution in [3.63, 3.8) is 0 Å². The van der Waals surface area contributed by atoms with Crippen molar-refractivity contribution in [2.45, 2.75) is 26.9 Å². The zero-order valence-electron chi connectivity index (χ0n) is 16.0. The minimum atomic E-state index is -0.952. The van der Waals surface area contributed by atoms with Gasteiger partial charge in [-0.15, -0.1) is 5.10 Å². The van der Waals surface area contributed by atoms with E-state index < -0.39 is 12.1 Å². The van der Waals surface area contributed by atoms with Crippen LogP contribution in [0.1, 0.15) is 40.4 Å². The first-order chi connectivity index (χ1) is 13.5. The van der Waals surface area contributed by atoms with Gasteiger partial charge in [0.05, 0.1) is 18.0 Å². The molecule has 0 saturated heterocycles. The quantitative estimate of drug-likeness (QED) is 0.462. The number of carbonyl (C=O) groups excluding carboxylic acids is 2. The lowest BCUT2D eigenvalue weighted by atomic mass is 10.1. The van der Waals surface area contributed by atoms with E-state index in [0.717, 1.165) is 5.69 Å². The van der Waals surface area contributed by atoms with Crippen molar-refractivity contribution in [1.29, 1.82) is 0 Å². The van der Waals surface area contributed by atoms with Gasteiger partial charge in [0.15, 0.2) is 11.8 Å². The van der Waals surface area contributed by atoms with Gasteiger partial charge in [0.2, 0.25) is 5.78 Å². The van der Waals surface area contributed by atoms with Crippen molar-refractivity contribution in [3.05, 3.63) is 71.5 Å². The average molecular weight is 379 g/mol. The molecular formula is C21H21N3O4. The molecule has 28 heavy (non-hydrogen) atoms. The number of aromatic nitrogens is 3. The summed E-state index contributed by atoms with van der Waals surface area (Å²) in [4.78, 5) is 26.4. The Labute approximate surface area is 162 Å². The Morgan fingerprint density at radius 1 is 1.04 bits per heavy atom. The van der Waals surface area contributed by atoms with Gasteiger partial charge in [-0.3, -0.25) is 4.79 Å². The number of nitrogens with zero attached hydrogens (tertiary/aromatic N) is 3. The number of ketones is 1. The summed E-state index contributed by atoms with van der Waals surface area (Å²) in [5.41, 5.74) is 1.67. The predicted octanol–water partition coefficient (Wildman–Crippen LogP) is 3.40. The Morgan fingerprint density at radius 3 is 2.36 bits per heavy atom. The highest BCUT2D eigenvalue weighted by molar-refractivity contribution is 6.01. The zero-order chi connectivity index (χ0) is 20.1. The lowest BCUT2D eigenvalue weighted by Crippen LogP contribution is -2.25. The van der Waals surface area contributed by atoms with Crippen LogP contribution in [0.2, 0.25) is 0 Å². The number of ether oxygens (including phenoxy) is 2. The lowest BCUT2D eigenvalue weighted by Gasteiger charge is -2.12. The van der Waals surface area contributed by atoms with E-state index in [-0.39, 0.29) is 11.5 Å². The number of hydrogen-bond acceptors (Lipinski definition) is 6. The standard InChI is InChI=1S/C21H21N3O4/c1-4-27-18-12-10-16(11-13-18)20(25)15(3)28-21(26)19-14(2)22-24(23-19)17-8-6-5-7-9-17/h5-13,15H,4H2,1-3H3. The summed E-state index contributed by atoms with van der Waals surface area (Å²) in [7, 11) is 0. The smallest absolute Gasteiger partial charge is 0.361 e. The number of para-hydroxylation sites is 1. The normalized spacial score (nSPS) is 11.7. The third kappa shape index (κ3) is 4.25. The van der Waals surface area contributed by atoms with E-state index in [9.17, 15) is 9.59 Å². The molecule has 0 spiro atoms. The third-order valence-electron chi connectivity index (χ3n) is 4.07. The van der Waals surface area contributed by atoms with Crippen LogP contribution >= 0.6 is 0 Å². The van der Waals surface area contributed by atoms with Crippen LogP contribution in [-0.2, 0) is 4.74 Å². The fraction of sp³-hybridized carbons (Fsp3) is 0.238. The van der Waals surface area contributed by atoms with E-state index >= 15 is 0 Å². The number of rotatable bonds is 7.